The molecule has 122 valence electrons. The molecule has 4 nitrogen and oxygen atoms in total. The third kappa shape index (κ3) is 5.50. The molecular weight excluding hydrogens is 301 g/mol. The Morgan fingerprint density at radius 1 is 1.45 bits per heavy atom. The van der Waals surface area contributed by atoms with Crippen LogP contribution in [0.25, 0.3) is 0 Å². The van der Waals surface area contributed by atoms with E-state index in [0.717, 1.165) is 24.2 Å². The van der Waals surface area contributed by atoms with Crippen molar-refractivity contribution in [2.24, 2.45) is 0 Å². The van der Waals surface area contributed by atoms with Crippen LogP contribution in [0.2, 0.25) is 0 Å². The van der Waals surface area contributed by atoms with Gasteiger partial charge in [-0.15, -0.1) is 0 Å². The fraction of sp³-hybridized carbons (Fsp3) is 0.562. The molecule has 0 spiro atoms. The lowest BCUT2D eigenvalue weighted by molar-refractivity contribution is 0.237. The lowest BCUT2D eigenvalue weighted by atomic mass is 10.1. The van der Waals surface area contributed by atoms with Crippen molar-refractivity contribution in [3.05, 3.63) is 35.1 Å². The number of hydrogen-bond donors (Lipinski definition) is 2. The Bertz CT molecular complexity index is 504. The normalized spacial score (nSPS) is 18.3. The van der Waals surface area contributed by atoms with Crippen LogP contribution in [0.3, 0.4) is 0 Å². The monoisotopic (exact) mass is 325 g/mol. The lowest BCUT2D eigenvalue weighted by Gasteiger charge is -2.22. The minimum Gasteiger partial charge on any atom is -0.335 e. The number of carbonyl (C=O) groups excluding carboxylic acids is 1. The molecule has 0 saturated carbocycles. The van der Waals surface area contributed by atoms with E-state index in [1.165, 1.54) is 11.8 Å². The summed E-state index contributed by atoms with van der Waals surface area (Å²) >= 11 is 1.88. The zero-order chi connectivity index (χ0) is 15.9. The molecule has 1 heterocycles. The summed E-state index contributed by atoms with van der Waals surface area (Å²) in [5.41, 5.74) is 1.56. The van der Waals surface area contributed by atoms with Crippen LogP contribution in [0.1, 0.15) is 24.0 Å². The Balaban J connectivity index is 1.83. The Hall–Kier alpha value is -1.27. The van der Waals surface area contributed by atoms with E-state index in [9.17, 15) is 9.18 Å². The molecule has 0 bridgehead atoms. The first kappa shape index (κ1) is 17.1. The van der Waals surface area contributed by atoms with Crippen LogP contribution in [-0.4, -0.2) is 42.6 Å². The van der Waals surface area contributed by atoms with Crippen LogP contribution < -0.4 is 10.6 Å². The first-order valence-corrected chi connectivity index (χ1v) is 8.74. The van der Waals surface area contributed by atoms with Crippen molar-refractivity contribution < 1.29 is 9.18 Å². The average molecular weight is 325 g/mol. The number of benzene rings is 1. The molecule has 22 heavy (non-hydrogen) atoms. The predicted octanol–water partition coefficient (Wildman–Crippen LogP) is 2.58. The molecule has 1 aliphatic heterocycles. The molecule has 0 aliphatic carbocycles. The van der Waals surface area contributed by atoms with E-state index < -0.39 is 0 Å². The molecule has 2 rings (SSSR count). The summed E-state index contributed by atoms with van der Waals surface area (Å²) in [6.45, 7) is 0.956. The van der Waals surface area contributed by atoms with E-state index in [1.807, 2.05) is 36.8 Å². The molecular formula is C16H24FN3OS. The highest BCUT2D eigenvalue weighted by atomic mass is 32.2. The summed E-state index contributed by atoms with van der Waals surface area (Å²) in [5, 5.41) is 5.85. The zero-order valence-electron chi connectivity index (χ0n) is 13.2. The molecule has 1 atom stereocenters. The average Bonchev–Trinajstić information content (AvgIpc) is 2.48. The summed E-state index contributed by atoms with van der Waals surface area (Å²) < 4.78 is 13.7. The minimum atomic E-state index is -0.207. The highest BCUT2D eigenvalue weighted by Crippen LogP contribution is 2.16. The Morgan fingerprint density at radius 3 is 2.95 bits per heavy atom. The number of rotatable bonds is 5. The van der Waals surface area contributed by atoms with Gasteiger partial charge < -0.3 is 15.5 Å². The van der Waals surface area contributed by atoms with Gasteiger partial charge in [0.1, 0.15) is 5.82 Å². The fourth-order valence-corrected chi connectivity index (χ4v) is 3.55. The van der Waals surface area contributed by atoms with Gasteiger partial charge in [0.05, 0.1) is 0 Å². The van der Waals surface area contributed by atoms with Gasteiger partial charge in [-0.05, 0) is 50.4 Å². The molecule has 0 radical (unpaired) electrons. The smallest absolute Gasteiger partial charge is 0.315 e. The van der Waals surface area contributed by atoms with Crippen LogP contribution in [0.15, 0.2) is 18.2 Å². The summed E-state index contributed by atoms with van der Waals surface area (Å²) in [5.74, 6) is 1.96. The highest BCUT2D eigenvalue weighted by Gasteiger charge is 2.15. The van der Waals surface area contributed by atoms with Crippen molar-refractivity contribution in [3.8, 4) is 0 Å². The second-order valence-electron chi connectivity index (χ2n) is 5.90. The molecule has 1 aliphatic rings. The number of hydrogen-bond acceptors (Lipinski definition) is 3. The van der Waals surface area contributed by atoms with Gasteiger partial charge in [0, 0.05) is 30.4 Å². The molecule has 1 saturated heterocycles. The van der Waals surface area contributed by atoms with Crippen LogP contribution in [-0.2, 0) is 13.1 Å². The molecule has 0 aromatic heterocycles. The van der Waals surface area contributed by atoms with Gasteiger partial charge in [0.15, 0.2) is 0 Å². The summed E-state index contributed by atoms with van der Waals surface area (Å²) in [4.78, 5) is 13.8. The highest BCUT2D eigenvalue weighted by molar-refractivity contribution is 7.99. The molecule has 1 unspecified atom stereocenters. The van der Waals surface area contributed by atoms with Crippen LogP contribution in [0.4, 0.5) is 9.18 Å². The largest absolute Gasteiger partial charge is 0.335 e. The van der Waals surface area contributed by atoms with Crippen molar-refractivity contribution in [2.45, 2.75) is 32.0 Å². The maximum absolute atomic E-state index is 13.7. The quantitative estimate of drug-likeness (QED) is 0.874. The first-order chi connectivity index (χ1) is 10.5. The maximum Gasteiger partial charge on any atom is 0.315 e. The second kappa shape index (κ2) is 8.39. The molecule has 6 heteroatoms. The van der Waals surface area contributed by atoms with Gasteiger partial charge in [-0.1, -0.05) is 6.07 Å². The van der Waals surface area contributed by atoms with Crippen LogP contribution in [0.5, 0.6) is 0 Å². The Kier molecular flexibility index (Phi) is 6.51. The van der Waals surface area contributed by atoms with Crippen molar-refractivity contribution in [1.29, 1.82) is 0 Å². The molecule has 1 aromatic carbocycles. The zero-order valence-corrected chi connectivity index (χ0v) is 14.0. The predicted molar refractivity (Wildman–Crippen MR) is 89.5 cm³/mol. The van der Waals surface area contributed by atoms with Crippen molar-refractivity contribution in [3.63, 3.8) is 0 Å². The lowest BCUT2D eigenvalue weighted by Crippen LogP contribution is -2.44. The van der Waals surface area contributed by atoms with Gasteiger partial charge >= 0.3 is 6.03 Å². The van der Waals surface area contributed by atoms with E-state index in [-0.39, 0.29) is 17.9 Å². The maximum atomic E-state index is 13.7. The molecule has 2 amide bonds. The van der Waals surface area contributed by atoms with Crippen molar-refractivity contribution >= 4 is 17.8 Å². The van der Waals surface area contributed by atoms with Crippen molar-refractivity contribution in [2.75, 3.05) is 25.6 Å². The Labute approximate surface area is 135 Å². The molecule has 1 fully saturated rings. The van der Waals surface area contributed by atoms with Gasteiger partial charge in [-0.2, -0.15) is 11.8 Å². The summed E-state index contributed by atoms with van der Waals surface area (Å²) in [6, 6.07) is 5.10. The standard InChI is InChI=1S/C16H24FN3OS/c1-20(2)10-13-8-12(5-6-15(13)17)9-18-16(21)19-14-4-3-7-22-11-14/h5-6,8,14H,3-4,7,9-11H2,1-2H3,(H2,18,19,21). The third-order valence-corrected chi connectivity index (χ3v) is 4.76. The summed E-state index contributed by atoms with van der Waals surface area (Å²) in [6.07, 6.45) is 2.20. The molecule has 2 N–H and O–H groups in total. The minimum absolute atomic E-state index is 0.147. The topological polar surface area (TPSA) is 44.4 Å². The third-order valence-electron chi connectivity index (χ3n) is 3.55. The SMILES string of the molecule is CN(C)Cc1cc(CNC(=O)NC2CCCSC2)ccc1F. The van der Waals surface area contributed by atoms with Gasteiger partial charge in [-0.25, -0.2) is 9.18 Å². The molecule has 1 aromatic rings. The Morgan fingerprint density at radius 2 is 2.27 bits per heavy atom. The van der Waals surface area contributed by atoms with E-state index in [4.69, 9.17) is 0 Å². The van der Waals surface area contributed by atoms with E-state index in [0.29, 0.717) is 18.7 Å². The van der Waals surface area contributed by atoms with Crippen LogP contribution in [0, 0.1) is 5.82 Å². The van der Waals surface area contributed by atoms with E-state index in [1.54, 1.807) is 6.07 Å². The van der Waals surface area contributed by atoms with Gasteiger partial charge in [-0.3, -0.25) is 0 Å². The number of amides is 2. The van der Waals surface area contributed by atoms with Crippen molar-refractivity contribution in [1.82, 2.24) is 15.5 Å². The van der Waals surface area contributed by atoms with Gasteiger partial charge in [0.2, 0.25) is 0 Å². The fourth-order valence-electron chi connectivity index (χ4n) is 2.47. The second-order valence-corrected chi connectivity index (χ2v) is 7.05. The van der Waals surface area contributed by atoms with E-state index in [2.05, 4.69) is 10.6 Å². The number of halogens is 1. The van der Waals surface area contributed by atoms with E-state index >= 15 is 0 Å². The first-order valence-electron chi connectivity index (χ1n) is 7.58. The van der Waals surface area contributed by atoms with Gasteiger partial charge in [0.25, 0.3) is 0 Å². The van der Waals surface area contributed by atoms with Crippen LogP contribution >= 0.6 is 11.8 Å². The summed E-state index contributed by atoms with van der Waals surface area (Å²) in [7, 11) is 3.81. The number of nitrogens with one attached hydrogen (secondary N) is 2. The number of carbonyl (C=O) groups is 1. The number of urea groups is 1. The number of nitrogens with zero attached hydrogens (tertiary/aromatic N) is 1. The number of thioether (sulfide) groups is 1.